The molecule has 1 saturated heterocycles. The van der Waals surface area contributed by atoms with Gasteiger partial charge in [0.25, 0.3) is 0 Å². The third-order valence-electron chi connectivity index (χ3n) is 5.50. The smallest absolute Gasteiger partial charge is 0.243 e. The van der Waals surface area contributed by atoms with Crippen molar-refractivity contribution in [3.8, 4) is 11.8 Å². The highest BCUT2D eigenvalue weighted by atomic mass is 32.2. The second kappa shape index (κ2) is 9.02. The van der Waals surface area contributed by atoms with E-state index in [2.05, 4.69) is 0 Å². The quantitative estimate of drug-likeness (QED) is 0.507. The van der Waals surface area contributed by atoms with Crippen molar-refractivity contribution in [1.29, 1.82) is 5.26 Å². The number of Topliss-reactive ketones (excluding diaryl/α,β-unsaturated/α-hetero) is 1. The van der Waals surface area contributed by atoms with Gasteiger partial charge in [0.2, 0.25) is 10.0 Å². The van der Waals surface area contributed by atoms with Gasteiger partial charge in [-0.3, -0.25) is 4.79 Å². The minimum atomic E-state index is -3.62. The normalized spacial score (nSPS) is 16.1. The van der Waals surface area contributed by atoms with Crippen molar-refractivity contribution in [3.63, 3.8) is 0 Å². The molecule has 1 fully saturated rings. The van der Waals surface area contributed by atoms with Crippen molar-refractivity contribution < 1.29 is 17.9 Å². The molecule has 7 nitrogen and oxygen atoms in total. The summed E-state index contributed by atoms with van der Waals surface area (Å²) in [4.78, 5) is 12.8. The average molecular weight is 456 g/mol. The first kappa shape index (κ1) is 23.9. The van der Waals surface area contributed by atoms with Crippen molar-refractivity contribution in [1.82, 2.24) is 8.87 Å². The fourth-order valence-electron chi connectivity index (χ4n) is 3.76. The fraction of sp³-hybridized carbons (Fsp3) is 0.417. The Morgan fingerprint density at radius 1 is 1.16 bits per heavy atom. The lowest BCUT2D eigenvalue weighted by Crippen LogP contribution is -2.40. The van der Waals surface area contributed by atoms with Crippen molar-refractivity contribution in [3.05, 3.63) is 52.9 Å². The van der Waals surface area contributed by atoms with Crippen LogP contribution < -0.4 is 0 Å². The van der Waals surface area contributed by atoms with Crippen LogP contribution in [-0.2, 0) is 19.6 Å². The van der Waals surface area contributed by atoms with E-state index in [0.717, 1.165) is 17.0 Å². The average Bonchev–Trinajstić information content (AvgIpc) is 3.04. The summed E-state index contributed by atoms with van der Waals surface area (Å²) in [6.45, 7) is 10.6. The maximum Gasteiger partial charge on any atom is 0.243 e. The molecule has 0 unspecified atom stereocenters. The Kier molecular flexibility index (Phi) is 6.75. The van der Waals surface area contributed by atoms with Crippen LogP contribution in [0.2, 0.25) is 0 Å². The zero-order chi connectivity index (χ0) is 23.7. The number of aromatic nitrogens is 1. The molecule has 1 aliphatic heterocycles. The minimum Gasteiger partial charge on any atom is -0.379 e. The molecule has 0 spiro atoms. The van der Waals surface area contributed by atoms with E-state index in [-0.39, 0.29) is 16.3 Å². The van der Waals surface area contributed by atoms with Gasteiger partial charge < -0.3 is 9.30 Å². The van der Waals surface area contributed by atoms with Crippen LogP contribution in [0.3, 0.4) is 0 Å². The van der Waals surface area contributed by atoms with Crippen LogP contribution in [0.15, 0.2) is 40.8 Å². The molecule has 3 rings (SSSR count). The van der Waals surface area contributed by atoms with E-state index in [9.17, 15) is 18.5 Å². The second-order valence-corrected chi connectivity index (χ2v) is 10.9. The van der Waals surface area contributed by atoms with Crippen LogP contribution in [0.5, 0.6) is 0 Å². The Morgan fingerprint density at radius 3 is 2.41 bits per heavy atom. The number of carbonyl (C=O) groups excluding carboxylic acids is 1. The number of hydrogen-bond acceptors (Lipinski definition) is 5. The summed E-state index contributed by atoms with van der Waals surface area (Å²) >= 11 is 0. The second-order valence-electron chi connectivity index (χ2n) is 8.92. The SMILES string of the molecule is Cc1cc(/C=C(\C#N)C(=O)C(C)(C)C)c(C)n1-c1cccc(S(=O)(=O)N2CCOCC2)c1. The predicted octanol–water partition coefficient (Wildman–Crippen LogP) is 3.64. The fourth-order valence-corrected chi connectivity index (χ4v) is 5.21. The van der Waals surface area contributed by atoms with Crippen LogP contribution >= 0.6 is 0 Å². The summed E-state index contributed by atoms with van der Waals surface area (Å²) in [5, 5.41) is 9.53. The third-order valence-corrected chi connectivity index (χ3v) is 7.39. The first-order valence-corrected chi connectivity index (χ1v) is 11.9. The Balaban J connectivity index is 2.03. The minimum absolute atomic E-state index is 0.0985. The van der Waals surface area contributed by atoms with Crippen LogP contribution in [-0.4, -0.2) is 49.4 Å². The number of aryl methyl sites for hydroxylation is 1. The molecule has 2 heterocycles. The van der Waals surface area contributed by atoms with Gasteiger partial charge in [0.15, 0.2) is 5.78 Å². The molecule has 1 aromatic heterocycles. The third kappa shape index (κ3) is 4.70. The number of ketones is 1. The number of nitrogens with zero attached hydrogens (tertiary/aromatic N) is 3. The van der Waals surface area contributed by atoms with Gasteiger partial charge in [-0.15, -0.1) is 0 Å². The van der Waals surface area contributed by atoms with Gasteiger partial charge in [0.05, 0.1) is 23.7 Å². The van der Waals surface area contributed by atoms with Gasteiger partial charge in [0, 0.05) is 35.6 Å². The number of benzene rings is 1. The molecule has 0 atom stereocenters. The summed E-state index contributed by atoms with van der Waals surface area (Å²) in [7, 11) is -3.62. The molecule has 0 aliphatic carbocycles. The molecule has 32 heavy (non-hydrogen) atoms. The number of allylic oxidation sites excluding steroid dienone is 1. The Hall–Kier alpha value is -2.73. The summed E-state index contributed by atoms with van der Waals surface area (Å²) < 4.78 is 34.8. The summed E-state index contributed by atoms with van der Waals surface area (Å²) in [5.41, 5.74) is 2.58. The molecule has 0 radical (unpaired) electrons. The summed E-state index contributed by atoms with van der Waals surface area (Å²) in [5.74, 6) is -0.219. The van der Waals surface area contributed by atoms with E-state index in [0.29, 0.717) is 32.0 Å². The molecular weight excluding hydrogens is 426 g/mol. The Bertz CT molecular complexity index is 1200. The van der Waals surface area contributed by atoms with E-state index in [1.54, 1.807) is 45.0 Å². The van der Waals surface area contributed by atoms with Crippen LogP contribution in [0.25, 0.3) is 11.8 Å². The number of ether oxygens (including phenoxy) is 1. The topological polar surface area (TPSA) is 92.4 Å². The van der Waals surface area contributed by atoms with E-state index in [4.69, 9.17) is 4.74 Å². The molecule has 0 bridgehead atoms. The van der Waals surface area contributed by atoms with Gasteiger partial charge in [-0.05, 0) is 49.8 Å². The molecule has 170 valence electrons. The molecule has 0 amide bonds. The molecule has 0 N–H and O–H groups in total. The number of morpholine rings is 1. The van der Waals surface area contributed by atoms with Crippen molar-refractivity contribution >= 4 is 21.9 Å². The van der Waals surface area contributed by atoms with E-state index in [1.165, 1.54) is 4.31 Å². The van der Waals surface area contributed by atoms with E-state index < -0.39 is 15.4 Å². The maximum absolute atomic E-state index is 13.1. The molecular formula is C24H29N3O4S. The Labute approximate surface area is 190 Å². The largest absolute Gasteiger partial charge is 0.379 e. The first-order chi connectivity index (χ1) is 15.0. The molecule has 8 heteroatoms. The number of sulfonamides is 1. The van der Waals surface area contributed by atoms with Gasteiger partial charge in [-0.25, -0.2) is 8.42 Å². The zero-order valence-corrected chi connectivity index (χ0v) is 20.0. The molecule has 1 aliphatic rings. The standard InChI is InChI=1S/C24H29N3O4S/c1-17-13-19(14-20(16-25)23(28)24(3,4)5)18(2)27(17)21-7-6-8-22(15-21)32(29,30)26-9-11-31-12-10-26/h6-8,13-15H,9-12H2,1-5H3/b20-14+. The number of carbonyl (C=O) groups is 1. The maximum atomic E-state index is 13.1. The lowest BCUT2D eigenvalue weighted by molar-refractivity contribution is -0.121. The van der Waals surface area contributed by atoms with Crippen molar-refractivity contribution in [2.24, 2.45) is 5.41 Å². The van der Waals surface area contributed by atoms with E-state index in [1.807, 2.05) is 36.6 Å². The van der Waals surface area contributed by atoms with Crippen molar-refractivity contribution in [2.45, 2.75) is 39.5 Å². The lowest BCUT2D eigenvalue weighted by atomic mass is 9.86. The lowest BCUT2D eigenvalue weighted by Gasteiger charge is -2.26. The monoisotopic (exact) mass is 455 g/mol. The summed E-state index contributed by atoms with van der Waals surface area (Å²) in [6, 6.07) is 10.7. The highest BCUT2D eigenvalue weighted by Crippen LogP contribution is 2.27. The molecule has 0 saturated carbocycles. The van der Waals surface area contributed by atoms with Gasteiger partial charge in [-0.2, -0.15) is 9.57 Å². The van der Waals surface area contributed by atoms with Crippen LogP contribution in [0.1, 0.15) is 37.7 Å². The number of rotatable bonds is 5. The first-order valence-electron chi connectivity index (χ1n) is 10.5. The van der Waals surface area contributed by atoms with Gasteiger partial charge >= 0.3 is 0 Å². The number of nitriles is 1. The zero-order valence-electron chi connectivity index (χ0n) is 19.2. The van der Waals surface area contributed by atoms with Crippen molar-refractivity contribution in [2.75, 3.05) is 26.3 Å². The van der Waals surface area contributed by atoms with Gasteiger partial charge in [-0.1, -0.05) is 26.8 Å². The Morgan fingerprint density at radius 2 is 1.81 bits per heavy atom. The summed E-state index contributed by atoms with van der Waals surface area (Å²) in [6.07, 6.45) is 1.61. The van der Waals surface area contributed by atoms with E-state index >= 15 is 0 Å². The molecule has 1 aromatic carbocycles. The highest BCUT2D eigenvalue weighted by Gasteiger charge is 2.27. The van der Waals surface area contributed by atoms with Crippen LogP contribution in [0, 0.1) is 30.6 Å². The highest BCUT2D eigenvalue weighted by molar-refractivity contribution is 7.89. The van der Waals surface area contributed by atoms with Gasteiger partial charge in [0.1, 0.15) is 6.07 Å². The predicted molar refractivity (Wildman–Crippen MR) is 123 cm³/mol. The molecule has 2 aromatic rings. The van der Waals surface area contributed by atoms with Crippen LogP contribution in [0.4, 0.5) is 0 Å². The number of hydrogen-bond donors (Lipinski definition) is 0.